The van der Waals surface area contributed by atoms with E-state index in [2.05, 4.69) is 10.3 Å². The molecular formula is C12H16N4. The Hall–Kier alpha value is -1.58. The van der Waals surface area contributed by atoms with Crippen LogP contribution in [0, 0.1) is 5.92 Å². The van der Waals surface area contributed by atoms with Crippen LogP contribution >= 0.6 is 0 Å². The van der Waals surface area contributed by atoms with Gasteiger partial charge in [-0.2, -0.15) is 0 Å². The molecule has 0 spiro atoms. The number of hydrogen-bond donors (Lipinski definition) is 1. The van der Waals surface area contributed by atoms with Crippen LogP contribution in [0.15, 0.2) is 18.2 Å². The topological polar surface area (TPSA) is 56.7 Å². The lowest BCUT2D eigenvalue weighted by Crippen LogP contribution is -2.14. The lowest BCUT2D eigenvalue weighted by Gasteiger charge is -2.24. The van der Waals surface area contributed by atoms with Crippen LogP contribution < -0.4 is 5.73 Å². The van der Waals surface area contributed by atoms with Gasteiger partial charge in [-0.15, -0.1) is 5.10 Å². The van der Waals surface area contributed by atoms with Crippen molar-refractivity contribution in [3.63, 3.8) is 0 Å². The number of aromatic nitrogens is 3. The van der Waals surface area contributed by atoms with Crippen molar-refractivity contribution in [1.82, 2.24) is 15.0 Å². The van der Waals surface area contributed by atoms with Crippen molar-refractivity contribution in [2.24, 2.45) is 5.92 Å². The maximum absolute atomic E-state index is 5.85. The number of hydrogen-bond acceptors (Lipinski definition) is 3. The number of anilines is 1. The summed E-state index contributed by atoms with van der Waals surface area (Å²) in [5, 5.41) is 8.30. The van der Waals surface area contributed by atoms with Crippen molar-refractivity contribution in [2.75, 3.05) is 5.73 Å². The van der Waals surface area contributed by atoms with Gasteiger partial charge in [0.15, 0.2) is 0 Å². The van der Waals surface area contributed by atoms with Crippen molar-refractivity contribution in [1.29, 1.82) is 0 Å². The van der Waals surface area contributed by atoms with Crippen LogP contribution in [0.5, 0.6) is 0 Å². The number of aryl methyl sites for hydroxylation is 1. The SMILES string of the molecule is Nc1cccc2c1nnn2CCC1CCC1. The standard InChI is InChI=1S/C12H16N4/c13-10-5-2-6-11-12(10)14-15-16(11)8-7-9-3-1-4-9/h2,5-6,9H,1,3-4,7-8,13H2. The molecule has 1 heterocycles. The summed E-state index contributed by atoms with van der Waals surface area (Å²) in [6.45, 7) is 0.963. The van der Waals surface area contributed by atoms with Gasteiger partial charge < -0.3 is 5.73 Å². The van der Waals surface area contributed by atoms with Crippen LogP contribution in [-0.2, 0) is 6.54 Å². The molecule has 1 aromatic heterocycles. The minimum absolute atomic E-state index is 0.715. The molecule has 4 heteroatoms. The van der Waals surface area contributed by atoms with Crippen molar-refractivity contribution < 1.29 is 0 Å². The monoisotopic (exact) mass is 216 g/mol. The van der Waals surface area contributed by atoms with Crippen molar-refractivity contribution in [3.8, 4) is 0 Å². The molecule has 0 unspecified atom stereocenters. The Bertz CT molecular complexity index is 499. The molecule has 1 fully saturated rings. The molecule has 1 aromatic carbocycles. The van der Waals surface area contributed by atoms with Crippen LogP contribution in [0.4, 0.5) is 5.69 Å². The van der Waals surface area contributed by atoms with Gasteiger partial charge in [-0.3, -0.25) is 0 Å². The number of benzene rings is 1. The van der Waals surface area contributed by atoms with Crippen LogP contribution in [0.3, 0.4) is 0 Å². The zero-order chi connectivity index (χ0) is 11.0. The van der Waals surface area contributed by atoms with E-state index in [-0.39, 0.29) is 0 Å². The van der Waals surface area contributed by atoms with E-state index in [0.717, 1.165) is 23.5 Å². The largest absolute Gasteiger partial charge is 0.397 e. The fraction of sp³-hybridized carbons (Fsp3) is 0.500. The van der Waals surface area contributed by atoms with Crippen molar-refractivity contribution in [2.45, 2.75) is 32.2 Å². The van der Waals surface area contributed by atoms with Crippen LogP contribution in [-0.4, -0.2) is 15.0 Å². The first-order valence-corrected chi connectivity index (χ1v) is 5.92. The summed E-state index contributed by atoms with van der Waals surface area (Å²) < 4.78 is 1.98. The fourth-order valence-corrected chi connectivity index (χ4v) is 2.26. The van der Waals surface area contributed by atoms with Gasteiger partial charge in [0, 0.05) is 6.54 Å². The predicted octanol–water partition coefficient (Wildman–Crippen LogP) is 2.20. The summed E-state index contributed by atoms with van der Waals surface area (Å²) in [5.41, 5.74) is 8.45. The van der Waals surface area contributed by atoms with Gasteiger partial charge in [0.1, 0.15) is 5.52 Å². The second-order valence-electron chi connectivity index (χ2n) is 4.61. The highest BCUT2D eigenvalue weighted by molar-refractivity contribution is 5.86. The Kier molecular flexibility index (Phi) is 2.27. The normalized spacial score (nSPS) is 16.5. The predicted molar refractivity (Wildman–Crippen MR) is 63.9 cm³/mol. The average molecular weight is 216 g/mol. The molecule has 0 radical (unpaired) electrons. The molecule has 0 atom stereocenters. The molecule has 1 aliphatic rings. The number of nitrogen functional groups attached to an aromatic ring is 1. The Morgan fingerprint density at radius 3 is 3.00 bits per heavy atom. The third kappa shape index (κ3) is 1.54. The minimum Gasteiger partial charge on any atom is -0.397 e. The molecule has 2 N–H and O–H groups in total. The second kappa shape index (κ2) is 3.77. The molecule has 84 valence electrons. The minimum atomic E-state index is 0.715. The Labute approximate surface area is 94.4 Å². The maximum atomic E-state index is 5.85. The molecule has 1 aliphatic carbocycles. The van der Waals surface area contributed by atoms with Crippen LogP contribution in [0.2, 0.25) is 0 Å². The summed E-state index contributed by atoms with van der Waals surface area (Å²) in [6, 6.07) is 5.86. The maximum Gasteiger partial charge on any atom is 0.136 e. The van der Waals surface area contributed by atoms with E-state index < -0.39 is 0 Å². The number of nitrogens with two attached hydrogens (primary N) is 1. The summed E-state index contributed by atoms with van der Waals surface area (Å²) in [7, 11) is 0. The van der Waals surface area contributed by atoms with E-state index in [1.54, 1.807) is 0 Å². The van der Waals surface area contributed by atoms with Crippen molar-refractivity contribution >= 4 is 16.7 Å². The Morgan fingerprint density at radius 2 is 2.25 bits per heavy atom. The van der Waals surface area contributed by atoms with Gasteiger partial charge >= 0.3 is 0 Å². The number of fused-ring (bicyclic) bond motifs is 1. The molecule has 1 saturated carbocycles. The molecule has 0 bridgehead atoms. The molecule has 0 amide bonds. The van der Waals surface area contributed by atoms with Gasteiger partial charge in [-0.1, -0.05) is 30.5 Å². The highest BCUT2D eigenvalue weighted by Crippen LogP contribution is 2.30. The van der Waals surface area contributed by atoms with Gasteiger partial charge in [0.2, 0.25) is 0 Å². The van der Waals surface area contributed by atoms with E-state index in [0.29, 0.717) is 5.69 Å². The Balaban J connectivity index is 1.83. The molecule has 0 saturated heterocycles. The Morgan fingerprint density at radius 1 is 1.38 bits per heavy atom. The van der Waals surface area contributed by atoms with E-state index in [4.69, 9.17) is 5.73 Å². The third-order valence-corrected chi connectivity index (χ3v) is 3.55. The number of nitrogens with zero attached hydrogens (tertiary/aromatic N) is 3. The fourth-order valence-electron chi connectivity index (χ4n) is 2.26. The molecule has 2 aromatic rings. The summed E-state index contributed by atoms with van der Waals surface area (Å²) in [6.07, 6.45) is 5.38. The number of rotatable bonds is 3. The highest BCUT2D eigenvalue weighted by Gasteiger charge is 2.17. The van der Waals surface area contributed by atoms with E-state index in [9.17, 15) is 0 Å². The molecular weight excluding hydrogens is 200 g/mol. The molecule has 3 rings (SSSR count). The van der Waals surface area contributed by atoms with Gasteiger partial charge in [-0.05, 0) is 24.5 Å². The summed E-state index contributed by atoms with van der Waals surface area (Å²) >= 11 is 0. The van der Waals surface area contributed by atoms with Gasteiger partial charge in [0.25, 0.3) is 0 Å². The first kappa shape index (κ1) is 9.63. The average Bonchev–Trinajstić information content (AvgIpc) is 2.61. The summed E-state index contributed by atoms with van der Waals surface area (Å²) in [5.74, 6) is 0.903. The zero-order valence-electron chi connectivity index (χ0n) is 9.26. The van der Waals surface area contributed by atoms with E-state index in [1.165, 1.54) is 25.7 Å². The molecule has 0 aliphatic heterocycles. The second-order valence-corrected chi connectivity index (χ2v) is 4.61. The zero-order valence-corrected chi connectivity index (χ0v) is 9.26. The van der Waals surface area contributed by atoms with Gasteiger partial charge in [-0.25, -0.2) is 4.68 Å². The van der Waals surface area contributed by atoms with Crippen molar-refractivity contribution in [3.05, 3.63) is 18.2 Å². The van der Waals surface area contributed by atoms with Gasteiger partial charge in [0.05, 0.1) is 11.2 Å². The van der Waals surface area contributed by atoms with Crippen LogP contribution in [0.1, 0.15) is 25.7 Å². The smallest absolute Gasteiger partial charge is 0.136 e. The first-order chi connectivity index (χ1) is 7.84. The molecule has 4 nitrogen and oxygen atoms in total. The van der Waals surface area contributed by atoms with Crippen LogP contribution in [0.25, 0.3) is 11.0 Å². The lowest BCUT2D eigenvalue weighted by molar-refractivity contribution is 0.278. The highest BCUT2D eigenvalue weighted by atomic mass is 15.4. The van der Waals surface area contributed by atoms with E-state index in [1.807, 2.05) is 22.9 Å². The first-order valence-electron chi connectivity index (χ1n) is 5.92. The van der Waals surface area contributed by atoms with E-state index >= 15 is 0 Å². The third-order valence-electron chi connectivity index (χ3n) is 3.55. The summed E-state index contributed by atoms with van der Waals surface area (Å²) in [4.78, 5) is 0. The lowest BCUT2D eigenvalue weighted by atomic mass is 9.83. The quantitative estimate of drug-likeness (QED) is 0.800. The molecule has 16 heavy (non-hydrogen) atoms.